The van der Waals surface area contributed by atoms with Crippen LogP contribution >= 0.6 is 11.8 Å². The van der Waals surface area contributed by atoms with E-state index >= 15 is 0 Å². The van der Waals surface area contributed by atoms with Gasteiger partial charge in [-0.2, -0.15) is 11.8 Å². The summed E-state index contributed by atoms with van der Waals surface area (Å²) in [4.78, 5) is 10.7. The Kier molecular flexibility index (Phi) is 6.15. The van der Waals surface area contributed by atoms with Gasteiger partial charge in [0.25, 0.3) is 0 Å². The third-order valence-corrected chi connectivity index (χ3v) is 3.08. The summed E-state index contributed by atoms with van der Waals surface area (Å²) in [6.07, 6.45) is -0.140. The molecule has 0 radical (unpaired) electrons. The molecule has 0 aromatic heterocycles. The summed E-state index contributed by atoms with van der Waals surface area (Å²) < 4.78 is 0. The lowest BCUT2D eigenvalue weighted by Crippen LogP contribution is -2.24. The first kappa shape index (κ1) is 13.7. The van der Waals surface area contributed by atoms with Gasteiger partial charge in [-0.1, -0.05) is 0 Å². The van der Waals surface area contributed by atoms with Crippen molar-refractivity contribution in [3.63, 3.8) is 0 Å². The van der Waals surface area contributed by atoms with E-state index in [0.29, 0.717) is 17.9 Å². The van der Waals surface area contributed by atoms with Crippen molar-refractivity contribution in [3.05, 3.63) is 0 Å². The zero-order chi connectivity index (χ0) is 11.2. The van der Waals surface area contributed by atoms with Crippen LogP contribution in [0, 0.1) is 5.41 Å². The van der Waals surface area contributed by atoms with E-state index in [1.807, 2.05) is 0 Å². The van der Waals surface area contributed by atoms with Crippen LogP contribution in [0.2, 0.25) is 0 Å². The van der Waals surface area contributed by atoms with Gasteiger partial charge in [0.05, 0.1) is 18.1 Å². The molecule has 0 aliphatic heterocycles. The molecule has 0 aromatic carbocycles. The monoisotopic (exact) mass is 222 g/mol. The second-order valence-corrected chi connectivity index (χ2v) is 5.00. The van der Waals surface area contributed by atoms with Crippen LogP contribution in [0.1, 0.15) is 20.3 Å². The Morgan fingerprint density at radius 2 is 2.07 bits per heavy atom. The van der Waals surface area contributed by atoms with Crippen LogP contribution in [0.15, 0.2) is 0 Å². The van der Waals surface area contributed by atoms with Gasteiger partial charge in [-0.3, -0.25) is 4.79 Å². The van der Waals surface area contributed by atoms with Crippen molar-refractivity contribution >= 4 is 17.7 Å². The third-order valence-electron chi connectivity index (χ3n) is 1.97. The number of hydrogen-bond donors (Lipinski definition) is 3. The summed E-state index contributed by atoms with van der Waals surface area (Å²) in [5.74, 6) is 0.323. The van der Waals surface area contributed by atoms with E-state index in [2.05, 4.69) is 0 Å². The zero-order valence-corrected chi connectivity index (χ0v) is 9.38. The minimum Gasteiger partial charge on any atom is -0.481 e. The second-order valence-electron chi connectivity index (χ2n) is 3.85. The van der Waals surface area contributed by atoms with Crippen LogP contribution in [0.4, 0.5) is 0 Å². The number of rotatable bonds is 7. The Morgan fingerprint density at radius 3 is 2.50 bits per heavy atom. The Bertz CT molecular complexity index is 182. The Balaban J connectivity index is 3.59. The standard InChI is InChI=1S/C9H18O4S/c1-9(2,8(12)13)3-4-14-6-7(11)5-10/h7,10-11H,3-6H2,1-2H3,(H,12,13). The van der Waals surface area contributed by atoms with Crippen molar-refractivity contribution in [2.24, 2.45) is 5.41 Å². The number of carboxylic acids is 1. The predicted molar refractivity (Wildman–Crippen MR) is 56.5 cm³/mol. The molecule has 0 amide bonds. The fourth-order valence-electron chi connectivity index (χ4n) is 0.706. The maximum absolute atomic E-state index is 10.7. The van der Waals surface area contributed by atoms with Gasteiger partial charge < -0.3 is 15.3 Å². The van der Waals surface area contributed by atoms with Crippen LogP contribution in [-0.4, -0.2) is 45.5 Å². The number of carbonyl (C=O) groups is 1. The van der Waals surface area contributed by atoms with E-state index < -0.39 is 17.5 Å². The first-order chi connectivity index (χ1) is 6.40. The summed E-state index contributed by atoms with van der Waals surface area (Å²) in [7, 11) is 0. The molecule has 0 aromatic rings. The molecule has 84 valence electrons. The number of hydrogen-bond acceptors (Lipinski definition) is 4. The van der Waals surface area contributed by atoms with Gasteiger partial charge in [0, 0.05) is 5.75 Å². The first-order valence-corrected chi connectivity index (χ1v) is 5.65. The van der Waals surface area contributed by atoms with E-state index in [1.165, 1.54) is 11.8 Å². The molecular weight excluding hydrogens is 204 g/mol. The van der Waals surface area contributed by atoms with Gasteiger partial charge in [0.2, 0.25) is 0 Å². The fraction of sp³-hybridized carbons (Fsp3) is 0.889. The molecule has 0 rings (SSSR count). The molecule has 0 aliphatic carbocycles. The summed E-state index contributed by atoms with van der Waals surface area (Å²) >= 11 is 1.46. The largest absolute Gasteiger partial charge is 0.481 e. The van der Waals surface area contributed by atoms with E-state index in [9.17, 15) is 4.79 Å². The molecule has 0 spiro atoms. The average molecular weight is 222 g/mol. The van der Waals surface area contributed by atoms with E-state index in [-0.39, 0.29) is 6.61 Å². The average Bonchev–Trinajstić information content (AvgIpc) is 2.11. The van der Waals surface area contributed by atoms with Crippen molar-refractivity contribution in [2.75, 3.05) is 18.1 Å². The second kappa shape index (κ2) is 6.27. The van der Waals surface area contributed by atoms with E-state index in [1.54, 1.807) is 13.8 Å². The molecule has 0 aliphatic rings. The Morgan fingerprint density at radius 1 is 1.50 bits per heavy atom. The molecule has 1 unspecified atom stereocenters. The molecule has 0 saturated heterocycles. The topological polar surface area (TPSA) is 77.8 Å². The normalized spacial score (nSPS) is 14.0. The Labute approximate surface area is 88.3 Å². The van der Waals surface area contributed by atoms with Crippen LogP contribution in [0.5, 0.6) is 0 Å². The van der Waals surface area contributed by atoms with E-state index in [4.69, 9.17) is 15.3 Å². The van der Waals surface area contributed by atoms with Crippen LogP contribution in [0.25, 0.3) is 0 Å². The van der Waals surface area contributed by atoms with Gasteiger partial charge >= 0.3 is 5.97 Å². The highest BCUT2D eigenvalue weighted by atomic mass is 32.2. The summed E-state index contributed by atoms with van der Waals surface area (Å²) in [6, 6.07) is 0. The maximum Gasteiger partial charge on any atom is 0.309 e. The lowest BCUT2D eigenvalue weighted by Gasteiger charge is -2.18. The van der Waals surface area contributed by atoms with Crippen molar-refractivity contribution < 1.29 is 20.1 Å². The van der Waals surface area contributed by atoms with Crippen LogP contribution < -0.4 is 0 Å². The number of aliphatic hydroxyl groups excluding tert-OH is 2. The molecule has 3 N–H and O–H groups in total. The van der Waals surface area contributed by atoms with Gasteiger partial charge in [-0.15, -0.1) is 0 Å². The molecule has 14 heavy (non-hydrogen) atoms. The summed E-state index contributed by atoms with van der Waals surface area (Å²) in [6.45, 7) is 3.12. The molecular formula is C9H18O4S. The molecule has 1 atom stereocenters. The highest BCUT2D eigenvalue weighted by Crippen LogP contribution is 2.23. The molecule has 5 heteroatoms. The smallest absolute Gasteiger partial charge is 0.309 e. The minimum absolute atomic E-state index is 0.241. The van der Waals surface area contributed by atoms with Crippen LogP contribution in [0.3, 0.4) is 0 Å². The molecule has 0 bridgehead atoms. The van der Waals surface area contributed by atoms with Gasteiger partial charge in [-0.05, 0) is 26.0 Å². The van der Waals surface area contributed by atoms with Crippen LogP contribution in [-0.2, 0) is 4.79 Å². The zero-order valence-electron chi connectivity index (χ0n) is 8.56. The maximum atomic E-state index is 10.7. The van der Waals surface area contributed by atoms with E-state index in [0.717, 1.165) is 0 Å². The number of carboxylic acid groups (broad SMARTS) is 1. The van der Waals surface area contributed by atoms with Crippen molar-refractivity contribution in [3.8, 4) is 0 Å². The SMILES string of the molecule is CC(C)(CCSCC(O)CO)C(=O)O. The van der Waals surface area contributed by atoms with Crippen molar-refractivity contribution in [2.45, 2.75) is 26.4 Å². The first-order valence-electron chi connectivity index (χ1n) is 4.50. The fourth-order valence-corrected chi connectivity index (χ4v) is 1.91. The van der Waals surface area contributed by atoms with Gasteiger partial charge in [-0.25, -0.2) is 0 Å². The lowest BCUT2D eigenvalue weighted by molar-refractivity contribution is -0.146. The highest BCUT2D eigenvalue weighted by molar-refractivity contribution is 7.99. The quantitative estimate of drug-likeness (QED) is 0.549. The highest BCUT2D eigenvalue weighted by Gasteiger charge is 2.26. The van der Waals surface area contributed by atoms with Crippen molar-refractivity contribution in [1.82, 2.24) is 0 Å². The van der Waals surface area contributed by atoms with Gasteiger partial charge in [0.15, 0.2) is 0 Å². The van der Waals surface area contributed by atoms with Gasteiger partial charge in [0.1, 0.15) is 0 Å². The summed E-state index contributed by atoms with van der Waals surface area (Å²) in [5, 5.41) is 26.3. The number of aliphatic hydroxyl groups is 2. The predicted octanol–water partition coefficient (Wildman–Crippen LogP) is 0.574. The number of thioether (sulfide) groups is 1. The molecule has 0 fully saturated rings. The number of aliphatic carboxylic acids is 1. The molecule has 0 saturated carbocycles. The third kappa shape index (κ3) is 5.47. The molecule has 0 heterocycles. The van der Waals surface area contributed by atoms with Crippen molar-refractivity contribution in [1.29, 1.82) is 0 Å². The summed E-state index contributed by atoms with van der Waals surface area (Å²) in [5.41, 5.74) is -0.711. The minimum atomic E-state index is -0.805. The molecule has 4 nitrogen and oxygen atoms in total. The Hall–Kier alpha value is -0.260. The lowest BCUT2D eigenvalue weighted by atomic mass is 9.91.